The lowest BCUT2D eigenvalue weighted by Gasteiger charge is -2.23. The Morgan fingerprint density at radius 3 is 2.08 bits per heavy atom. The molecule has 2 atom stereocenters. The summed E-state index contributed by atoms with van der Waals surface area (Å²) in [5.74, 6) is 0.559. The smallest absolute Gasteiger partial charge is 0.0565 e. The number of allylic oxidation sites excluding steroid dienone is 1. The van der Waals surface area contributed by atoms with Crippen LogP contribution in [0.25, 0.3) is 0 Å². The number of hydrogen-bond acceptors (Lipinski definition) is 2. The van der Waals surface area contributed by atoms with E-state index in [0.29, 0.717) is 11.6 Å². The fraction of sp³-hybridized carbons (Fsp3) is 0.800. The van der Waals surface area contributed by atoms with E-state index in [0.717, 1.165) is 6.42 Å². The molecule has 1 saturated carbocycles. The molecule has 0 aromatic carbocycles. The fourth-order valence-electron chi connectivity index (χ4n) is 1.30. The Balaban J connectivity index is 0.000000261. The number of aliphatic hydroxyl groups is 1. The topological polar surface area (TPSA) is 46.2 Å². The van der Waals surface area contributed by atoms with Crippen molar-refractivity contribution in [1.29, 1.82) is 0 Å². The molecule has 0 amide bonds. The van der Waals surface area contributed by atoms with Gasteiger partial charge in [0.05, 0.1) is 6.10 Å². The zero-order valence-electron chi connectivity index (χ0n) is 8.21. The molecule has 1 aliphatic rings. The summed E-state index contributed by atoms with van der Waals surface area (Å²) in [7, 11) is 0. The molecule has 0 aromatic heterocycles. The van der Waals surface area contributed by atoms with Gasteiger partial charge in [-0.15, -0.1) is 0 Å². The van der Waals surface area contributed by atoms with Gasteiger partial charge in [-0.3, -0.25) is 0 Å². The molecule has 0 bridgehead atoms. The van der Waals surface area contributed by atoms with Gasteiger partial charge < -0.3 is 10.8 Å². The minimum absolute atomic E-state index is 0.00347. The summed E-state index contributed by atoms with van der Waals surface area (Å²) in [5.41, 5.74) is 5.58. The lowest BCUT2D eigenvalue weighted by atomic mass is 9.88. The Bertz CT molecular complexity index is 120. The zero-order chi connectivity index (χ0) is 9.56. The van der Waals surface area contributed by atoms with Crippen molar-refractivity contribution in [2.75, 3.05) is 0 Å². The van der Waals surface area contributed by atoms with Crippen molar-refractivity contribution in [1.82, 2.24) is 0 Å². The second kappa shape index (κ2) is 6.06. The normalized spacial score (nSPS) is 28.6. The van der Waals surface area contributed by atoms with Crippen LogP contribution in [0, 0.1) is 5.92 Å². The molecule has 1 fully saturated rings. The van der Waals surface area contributed by atoms with E-state index in [1.54, 1.807) is 6.92 Å². The predicted octanol–water partition coefficient (Wildman–Crippen LogP) is 2.04. The molecule has 0 aliphatic heterocycles. The Hall–Kier alpha value is -0.500. The maximum atomic E-state index is 9.18. The summed E-state index contributed by atoms with van der Waals surface area (Å²) in [4.78, 5) is 0. The molecule has 72 valence electrons. The van der Waals surface area contributed by atoms with Crippen LogP contribution in [0.4, 0.5) is 0 Å². The minimum atomic E-state index is 0.00347. The first kappa shape index (κ1) is 11.5. The Labute approximate surface area is 75.5 Å². The van der Waals surface area contributed by atoms with Crippen LogP contribution in [0.2, 0.25) is 0 Å². The third-order valence-corrected chi connectivity index (χ3v) is 2.07. The summed E-state index contributed by atoms with van der Waals surface area (Å²) >= 11 is 0. The highest BCUT2D eigenvalue weighted by Gasteiger charge is 2.17. The van der Waals surface area contributed by atoms with Crippen molar-refractivity contribution in [3.63, 3.8) is 0 Å². The second-order valence-corrected chi connectivity index (χ2v) is 3.68. The number of rotatable bonds is 0. The third-order valence-electron chi connectivity index (χ3n) is 2.07. The first-order valence-electron chi connectivity index (χ1n) is 4.63. The highest BCUT2D eigenvalue weighted by molar-refractivity contribution is 4.76. The summed E-state index contributed by atoms with van der Waals surface area (Å²) in [6, 6.07) is 0. The molecule has 12 heavy (non-hydrogen) atoms. The van der Waals surface area contributed by atoms with E-state index in [4.69, 9.17) is 5.73 Å². The first-order valence-corrected chi connectivity index (χ1v) is 4.63. The van der Waals surface area contributed by atoms with Gasteiger partial charge in [0.25, 0.3) is 0 Å². The standard InChI is InChI=1S/C7H14O.C3H7N/c1-6-4-2-3-5-7(6)8;1-3(2)4/h6-8H,2-5H2,1H3;1,4H2,2H3/t6-,7?;/m1./s1. The molecule has 1 aliphatic carbocycles. The van der Waals surface area contributed by atoms with Gasteiger partial charge in [0.2, 0.25) is 0 Å². The van der Waals surface area contributed by atoms with Gasteiger partial charge in [0.15, 0.2) is 0 Å². The molecule has 0 saturated heterocycles. The van der Waals surface area contributed by atoms with Crippen molar-refractivity contribution in [3.8, 4) is 0 Å². The van der Waals surface area contributed by atoms with Crippen molar-refractivity contribution in [2.45, 2.75) is 45.6 Å². The van der Waals surface area contributed by atoms with Gasteiger partial charge >= 0.3 is 0 Å². The monoisotopic (exact) mass is 171 g/mol. The van der Waals surface area contributed by atoms with Crippen LogP contribution < -0.4 is 5.73 Å². The van der Waals surface area contributed by atoms with E-state index in [1.165, 1.54) is 19.3 Å². The van der Waals surface area contributed by atoms with Crippen LogP contribution in [-0.4, -0.2) is 11.2 Å². The van der Waals surface area contributed by atoms with Gasteiger partial charge in [-0.05, 0) is 31.4 Å². The maximum Gasteiger partial charge on any atom is 0.0565 e. The van der Waals surface area contributed by atoms with Gasteiger partial charge in [-0.25, -0.2) is 0 Å². The molecule has 0 aromatic rings. The molecule has 0 heterocycles. The average molecular weight is 171 g/mol. The van der Waals surface area contributed by atoms with Crippen LogP contribution in [-0.2, 0) is 0 Å². The Morgan fingerprint density at radius 1 is 1.42 bits per heavy atom. The first-order chi connectivity index (χ1) is 5.54. The van der Waals surface area contributed by atoms with Crippen LogP contribution in [0.3, 0.4) is 0 Å². The van der Waals surface area contributed by atoms with Gasteiger partial charge in [-0.2, -0.15) is 0 Å². The van der Waals surface area contributed by atoms with Gasteiger partial charge in [0, 0.05) is 0 Å². The number of aliphatic hydroxyl groups excluding tert-OH is 1. The molecular weight excluding hydrogens is 150 g/mol. The van der Waals surface area contributed by atoms with E-state index >= 15 is 0 Å². The largest absolute Gasteiger partial charge is 0.403 e. The Morgan fingerprint density at radius 2 is 1.83 bits per heavy atom. The number of hydrogen-bond donors (Lipinski definition) is 2. The van der Waals surface area contributed by atoms with E-state index in [1.807, 2.05) is 0 Å². The third kappa shape index (κ3) is 6.23. The predicted molar refractivity (Wildman–Crippen MR) is 52.6 cm³/mol. The van der Waals surface area contributed by atoms with E-state index in [-0.39, 0.29) is 6.10 Å². The van der Waals surface area contributed by atoms with Crippen LogP contribution in [0.5, 0.6) is 0 Å². The van der Waals surface area contributed by atoms with Gasteiger partial charge in [-0.1, -0.05) is 26.3 Å². The van der Waals surface area contributed by atoms with Crippen molar-refractivity contribution >= 4 is 0 Å². The van der Waals surface area contributed by atoms with Crippen LogP contribution >= 0.6 is 0 Å². The molecule has 2 nitrogen and oxygen atoms in total. The van der Waals surface area contributed by atoms with E-state index in [9.17, 15) is 5.11 Å². The summed E-state index contributed by atoms with van der Waals surface area (Å²) < 4.78 is 0. The molecule has 0 spiro atoms. The molecule has 2 heteroatoms. The number of nitrogens with two attached hydrogens (primary N) is 1. The zero-order valence-corrected chi connectivity index (χ0v) is 8.21. The van der Waals surface area contributed by atoms with Crippen molar-refractivity contribution in [2.24, 2.45) is 11.7 Å². The molecule has 3 N–H and O–H groups in total. The van der Waals surface area contributed by atoms with Gasteiger partial charge in [0.1, 0.15) is 0 Å². The lowest BCUT2D eigenvalue weighted by molar-refractivity contribution is 0.0793. The SMILES string of the molecule is C=C(C)N.C[C@@H]1CCCCC1O. The average Bonchev–Trinajstić information content (AvgIpc) is 1.94. The molecule has 0 radical (unpaired) electrons. The second-order valence-electron chi connectivity index (χ2n) is 3.68. The van der Waals surface area contributed by atoms with E-state index in [2.05, 4.69) is 13.5 Å². The van der Waals surface area contributed by atoms with Crippen molar-refractivity contribution in [3.05, 3.63) is 12.3 Å². The van der Waals surface area contributed by atoms with Crippen LogP contribution in [0.1, 0.15) is 39.5 Å². The molecule has 1 unspecified atom stereocenters. The molecular formula is C10H21NO. The van der Waals surface area contributed by atoms with Crippen LogP contribution in [0.15, 0.2) is 12.3 Å². The Kier molecular flexibility index (Phi) is 5.81. The highest BCUT2D eigenvalue weighted by atomic mass is 16.3. The minimum Gasteiger partial charge on any atom is -0.403 e. The fourth-order valence-corrected chi connectivity index (χ4v) is 1.30. The summed E-state index contributed by atoms with van der Waals surface area (Å²) in [5, 5.41) is 9.18. The quantitative estimate of drug-likeness (QED) is 0.586. The van der Waals surface area contributed by atoms with Crippen molar-refractivity contribution < 1.29 is 5.11 Å². The highest BCUT2D eigenvalue weighted by Crippen LogP contribution is 2.22. The van der Waals surface area contributed by atoms with E-state index < -0.39 is 0 Å². The molecule has 1 rings (SSSR count). The maximum absolute atomic E-state index is 9.18. The lowest BCUT2D eigenvalue weighted by Crippen LogP contribution is -2.21. The summed E-state index contributed by atoms with van der Waals surface area (Å²) in [6.45, 7) is 7.21. The summed E-state index contributed by atoms with van der Waals surface area (Å²) in [6.07, 6.45) is 4.80.